The number of rotatable bonds is 5. The third kappa shape index (κ3) is 5.53. The normalized spacial score (nSPS) is 17.8. The summed E-state index contributed by atoms with van der Waals surface area (Å²) in [6, 6.07) is 24.5. The minimum absolute atomic E-state index is 0.0406. The second-order valence-corrected chi connectivity index (χ2v) is 18.7. The lowest BCUT2D eigenvalue weighted by atomic mass is 9.81. The lowest BCUT2D eigenvalue weighted by Crippen LogP contribution is -2.70. The molecule has 218 valence electrons. The van der Waals surface area contributed by atoms with Crippen LogP contribution in [0.3, 0.4) is 0 Å². The number of hydrogen-bond donors (Lipinski definition) is 0. The first kappa shape index (κ1) is 31.1. The fraction of sp³-hybridized carbons (Fsp3) is 0.436. The van der Waals surface area contributed by atoms with E-state index in [0.29, 0.717) is 5.92 Å². The van der Waals surface area contributed by atoms with Crippen LogP contribution in [0.5, 0.6) is 0 Å². The predicted octanol–water partition coefficient (Wildman–Crippen LogP) is 8.28. The molecule has 0 aliphatic heterocycles. The van der Waals surface area contributed by atoms with Crippen molar-refractivity contribution < 1.29 is 0 Å². The van der Waals surface area contributed by atoms with Gasteiger partial charge in [0.15, 0.2) is 8.07 Å². The van der Waals surface area contributed by atoms with Crippen LogP contribution in [0, 0.1) is 19.8 Å². The lowest BCUT2D eigenvalue weighted by molar-refractivity contribution is 0.569. The van der Waals surface area contributed by atoms with Gasteiger partial charge >= 0.3 is 0 Å². The minimum atomic E-state index is -2.75. The molecule has 0 radical (unpaired) electrons. The van der Waals surface area contributed by atoms with E-state index >= 15 is 0 Å². The molecule has 0 N–H and O–H groups in total. The molecular formula is C39H53NSi. The molecule has 0 heterocycles. The van der Waals surface area contributed by atoms with Crippen molar-refractivity contribution in [3.8, 4) is 0 Å². The van der Waals surface area contributed by atoms with E-state index in [1.54, 1.807) is 5.20 Å². The van der Waals surface area contributed by atoms with Crippen LogP contribution in [-0.2, 0) is 10.8 Å². The number of nitrogens with zero attached hydrogens (tertiary/aromatic N) is 1. The molecule has 2 atom stereocenters. The van der Waals surface area contributed by atoms with Gasteiger partial charge in [-0.3, -0.25) is 0 Å². The predicted molar refractivity (Wildman–Crippen MR) is 185 cm³/mol. The van der Waals surface area contributed by atoms with Crippen molar-refractivity contribution in [3.63, 3.8) is 0 Å². The lowest BCUT2D eigenvalue weighted by Gasteiger charge is -2.41. The van der Waals surface area contributed by atoms with Gasteiger partial charge in [0.1, 0.15) is 0 Å². The second-order valence-electron chi connectivity index (χ2n) is 14.9. The molecule has 0 amide bonds. The molecule has 0 saturated carbocycles. The van der Waals surface area contributed by atoms with Gasteiger partial charge in [0.05, 0.1) is 0 Å². The van der Waals surface area contributed by atoms with E-state index in [4.69, 9.17) is 0 Å². The third-order valence-electron chi connectivity index (χ3n) is 9.59. The molecule has 3 aromatic carbocycles. The molecule has 1 nitrogen and oxygen atoms in total. The number of allylic oxidation sites excluding steroid dienone is 4. The summed E-state index contributed by atoms with van der Waals surface area (Å²) in [5, 5.41) is 6.14. The first-order valence-electron chi connectivity index (χ1n) is 15.3. The number of aryl methyl sites for hydroxylation is 2. The fourth-order valence-electron chi connectivity index (χ4n) is 6.85. The molecular weight excluding hydrogens is 511 g/mol. The molecule has 41 heavy (non-hydrogen) atoms. The van der Waals surface area contributed by atoms with Gasteiger partial charge in [-0.25, -0.2) is 0 Å². The summed E-state index contributed by atoms with van der Waals surface area (Å²) in [6.07, 6.45) is 0. The van der Waals surface area contributed by atoms with Crippen LogP contribution in [0.25, 0.3) is 0 Å². The molecule has 2 unspecified atom stereocenters. The fourth-order valence-corrected chi connectivity index (χ4v) is 12.7. The Morgan fingerprint density at radius 1 is 0.610 bits per heavy atom. The molecule has 0 aromatic heterocycles. The summed E-state index contributed by atoms with van der Waals surface area (Å²) < 4.78 is 0. The summed E-state index contributed by atoms with van der Waals surface area (Å²) in [5.41, 5.74) is 11.4. The van der Waals surface area contributed by atoms with Crippen molar-refractivity contribution in [2.24, 2.45) is 5.92 Å². The standard InChI is InChI=1S/C39H53NSi/c1-25-18-26(2)20-35(19-25)41(34-17-15-16-33(24-34)40(13)14,37-29(5)27(3)28(4)30(37)6)36-22-31(38(7,8)9)21-32(23-36)39(10,11)12/h15-24,29H,1-14H3. The van der Waals surface area contributed by atoms with E-state index in [-0.39, 0.29) is 10.8 Å². The van der Waals surface area contributed by atoms with Crippen LogP contribution >= 0.6 is 0 Å². The molecule has 0 fully saturated rings. The monoisotopic (exact) mass is 563 g/mol. The zero-order valence-electron chi connectivity index (χ0n) is 28.3. The maximum absolute atomic E-state index is 2.75. The van der Waals surface area contributed by atoms with Gasteiger partial charge in [-0.2, -0.15) is 0 Å². The summed E-state index contributed by atoms with van der Waals surface area (Å²) >= 11 is 0. The molecule has 3 aromatic rings. The van der Waals surface area contributed by atoms with Crippen molar-refractivity contribution in [1.29, 1.82) is 0 Å². The van der Waals surface area contributed by atoms with Crippen LogP contribution in [0.2, 0.25) is 0 Å². The summed E-state index contributed by atoms with van der Waals surface area (Å²) in [6.45, 7) is 28.3. The van der Waals surface area contributed by atoms with E-state index < -0.39 is 8.07 Å². The highest BCUT2D eigenvalue weighted by molar-refractivity contribution is 7.16. The Kier molecular flexibility index (Phi) is 8.17. The van der Waals surface area contributed by atoms with Gasteiger partial charge in [-0.1, -0.05) is 124 Å². The van der Waals surface area contributed by atoms with Gasteiger partial charge in [-0.15, -0.1) is 0 Å². The van der Waals surface area contributed by atoms with Crippen molar-refractivity contribution in [1.82, 2.24) is 0 Å². The number of benzene rings is 3. The van der Waals surface area contributed by atoms with Crippen molar-refractivity contribution in [3.05, 3.63) is 105 Å². The number of hydrogen-bond acceptors (Lipinski definition) is 1. The van der Waals surface area contributed by atoms with Crippen LogP contribution in [0.4, 0.5) is 5.69 Å². The highest BCUT2D eigenvalue weighted by Gasteiger charge is 2.49. The maximum Gasteiger partial charge on any atom is 0.176 e. The van der Waals surface area contributed by atoms with E-state index in [0.717, 1.165) is 0 Å². The third-order valence-corrected chi connectivity index (χ3v) is 14.7. The zero-order chi connectivity index (χ0) is 30.7. The van der Waals surface area contributed by atoms with E-state index in [2.05, 4.69) is 163 Å². The van der Waals surface area contributed by atoms with Crippen molar-refractivity contribution in [2.45, 2.75) is 93.9 Å². The molecule has 4 rings (SSSR count). The molecule has 2 heteroatoms. The highest BCUT2D eigenvalue weighted by atomic mass is 28.3. The van der Waals surface area contributed by atoms with Gasteiger partial charge < -0.3 is 4.90 Å². The average molecular weight is 564 g/mol. The van der Waals surface area contributed by atoms with Gasteiger partial charge in [0, 0.05) is 19.8 Å². The zero-order valence-corrected chi connectivity index (χ0v) is 29.3. The molecule has 1 aliphatic rings. The summed E-state index contributed by atoms with van der Waals surface area (Å²) in [7, 11) is 1.58. The largest absolute Gasteiger partial charge is 0.378 e. The van der Waals surface area contributed by atoms with Crippen LogP contribution in [-0.4, -0.2) is 22.2 Å². The van der Waals surface area contributed by atoms with Gasteiger partial charge in [-0.05, 0) is 95.8 Å². The molecule has 0 spiro atoms. The SMILES string of the molecule is CC1=C(C)C(C)C([Si](c2cc(C)cc(C)c2)(c2cccc(N(C)C)c2)c2cc(C(C)(C)C)cc(C(C)(C)C)c2)=C1C. The quantitative estimate of drug-likeness (QED) is 0.223. The average Bonchev–Trinajstić information content (AvgIpc) is 3.06. The molecule has 0 bridgehead atoms. The molecule has 0 saturated heterocycles. The Morgan fingerprint density at radius 2 is 1.12 bits per heavy atom. The summed E-state index contributed by atoms with van der Waals surface area (Å²) in [5.74, 6) is 0.391. The van der Waals surface area contributed by atoms with Crippen LogP contribution in [0.1, 0.15) is 91.5 Å². The Morgan fingerprint density at radius 3 is 1.56 bits per heavy atom. The van der Waals surface area contributed by atoms with Gasteiger partial charge in [0.25, 0.3) is 0 Å². The smallest absolute Gasteiger partial charge is 0.176 e. The first-order valence-corrected chi connectivity index (χ1v) is 17.3. The maximum atomic E-state index is 2.59. The van der Waals surface area contributed by atoms with E-state index in [9.17, 15) is 0 Å². The minimum Gasteiger partial charge on any atom is -0.378 e. The van der Waals surface area contributed by atoms with E-state index in [1.165, 1.54) is 60.2 Å². The Hall–Kier alpha value is -2.84. The van der Waals surface area contributed by atoms with Crippen LogP contribution in [0.15, 0.2) is 82.6 Å². The second kappa shape index (κ2) is 10.8. The van der Waals surface area contributed by atoms with Crippen LogP contribution < -0.4 is 20.5 Å². The highest BCUT2D eigenvalue weighted by Crippen LogP contribution is 2.42. The Balaban J connectivity index is 2.33. The molecule has 1 aliphatic carbocycles. The number of anilines is 1. The van der Waals surface area contributed by atoms with Gasteiger partial charge in [0.2, 0.25) is 0 Å². The first-order chi connectivity index (χ1) is 18.9. The summed E-state index contributed by atoms with van der Waals surface area (Å²) in [4.78, 5) is 2.25. The topological polar surface area (TPSA) is 3.24 Å². The van der Waals surface area contributed by atoms with Crippen molar-refractivity contribution in [2.75, 3.05) is 19.0 Å². The van der Waals surface area contributed by atoms with Crippen molar-refractivity contribution >= 4 is 29.3 Å². The Bertz CT molecular complexity index is 1480. The van der Waals surface area contributed by atoms with E-state index in [1.807, 2.05) is 0 Å². The Labute approximate surface area is 252 Å².